The molecule has 0 unspecified atom stereocenters. The number of rotatable bonds is 1. The Labute approximate surface area is 105 Å². The van der Waals surface area contributed by atoms with Crippen molar-refractivity contribution in [2.24, 2.45) is 0 Å². The van der Waals surface area contributed by atoms with Crippen LogP contribution in [0.15, 0.2) is 54.6 Å². The number of carbonyl (C=O) groups is 1. The van der Waals surface area contributed by atoms with Gasteiger partial charge in [0.25, 0.3) is 0 Å². The van der Waals surface area contributed by atoms with E-state index in [2.05, 4.69) is 5.73 Å². The molecule has 3 heteroatoms. The molecule has 2 atom stereocenters. The minimum Gasteiger partial charge on any atom is -0.478 e. The molecule has 0 fully saturated rings. The first-order valence-electron chi connectivity index (χ1n) is 5.95. The van der Waals surface area contributed by atoms with E-state index >= 15 is 0 Å². The van der Waals surface area contributed by atoms with Crippen LogP contribution >= 0.6 is 0 Å². The summed E-state index contributed by atoms with van der Waals surface area (Å²) in [6.45, 7) is 0. The molecule has 3 rings (SSSR count). The molecule has 1 aliphatic rings. The normalized spacial score (nSPS) is 22.2. The van der Waals surface area contributed by atoms with Gasteiger partial charge in [0.05, 0.1) is 5.56 Å². The molecule has 2 aromatic carbocycles. The minimum atomic E-state index is -0.401. The van der Waals surface area contributed by atoms with Crippen molar-refractivity contribution in [3.63, 3.8) is 0 Å². The number of para-hydroxylation sites is 1. The first-order chi connectivity index (χ1) is 8.77. The number of benzene rings is 2. The molecule has 90 valence electrons. The lowest BCUT2D eigenvalue weighted by Gasteiger charge is -2.28. The fourth-order valence-corrected chi connectivity index (χ4v) is 2.27. The van der Waals surface area contributed by atoms with Crippen LogP contribution in [0.2, 0.25) is 0 Å². The number of hydrogen-bond donors (Lipinski definition) is 1. The van der Waals surface area contributed by atoms with Gasteiger partial charge in [-0.05, 0) is 17.7 Å². The fraction of sp³-hybridized carbons (Fsp3) is 0.133. The second-order valence-corrected chi connectivity index (χ2v) is 4.42. The van der Waals surface area contributed by atoms with Crippen LogP contribution in [0.25, 0.3) is 0 Å². The third kappa shape index (κ3) is 1.69. The highest BCUT2D eigenvalue weighted by molar-refractivity contribution is 6.02. The van der Waals surface area contributed by atoms with Gasteiger partial charge in [-0.25, -0.2) is 0 Å². The largest absolute Gasteiger partial charge is 0.478 e. The minimum absolute atomic E-state index is 0.0469. The van der Waals surface area contributed by atoms with E-state index in [-0.39, 0.29) is 11.9 Å². The van der Waals surface area contributed by atoms with Crippen LogP contribution in [0.1, 0.15) is 22.0 Å². The summed E-state index contributed by atoms with van der Waals surface area (Å²) in [6.07, 6.45) is -0.298. The van der Waals surface area contributed by atoms with Crippen molar-refractivity contribution in [2.75, 3.05) is 0 Å². The lowest BCUT2D eigenvalue weighted by molar-refractivity contribution is -0.416. The highest BCUT2D eigenvalue weighted by Gasteiger charge is 2.38. The molecule has 0 radical (unpaired) electrons. The summed E-state index contributed by atoms with van der Waals surface area (Å²) >= 11 is 0. The monoisotopic (exact) mass is 240 g/mol. The van der Waals surface area contributed by atoms with Crippen LogP contribution in [0, 0.1) is 0 Å². The Morgan fingerprint density at radius 2 is 1.61 bits per heavy atom. The molecule has 0 amide bonds. The molecule has 0 aliphatic carbocycles. The van der Waals surface area contributed by atoms with Crippen LogP contribution in [0.5, 0.6) is 5.75 Å². The predicted molar refractivity (Wildman–Crippen MR) is 67.3 cm³/mol. The van der Waals surface area contributed by atoms with Crippen LogP contribution in [-0.4, -0.2) is 11.8 Å². The zero-order valence-electron chi connectivity index (χ0n) is 9.87. The topological polar surface area (TPSA) is 53.9 Å². The Morgan fingerprint density at radius 3 is 2.39 bits per heavy atom. The van der Waals surface area contributed by atoms with Gasteiger partial charge in [0.15, 0.2) is 12.1 Å². The highest BCUT2D eigenvalue weighted by atomic mass is 16.5. The molecular weight excluding hydrogens is 226 g/mol. The summed E-state index contributed by atoms with van der Waals surface area (Å²) in [7, 11) is 0. The molecule has 1 aliphatic heterocycles. The third-order valence-electron chi connectivity index (χ3n) is 3.24. The van der Waals surface area contributed by atoms with Gasteiger partial charge in [-0.15, -0.1) is 0 Å². The molecule has 0 aromatic heterocycles. The Bertz CT molecular complexity index is 580. The zero-order valence-corrected chi connectivity index (χ0v) is 9.87. The molecule has 0 spiro atoms. The van der Waals surface area contributed by atoms with Crippen LogP contribution in [0.3, 0.4) is 0 Å². The number of ether oxygens (including phenoxy) is 1. The van der Waals surface area contributed by atoms with Crippen LogP contribution in [-0.2, 0) is 0 Å². The van der Waals surface area contributed by atoms with Gasteiger partial charge in [0, 0.05) is 0 Å². The molecule has 0 saturated heterocycles. The molecule has 3 nitrogen and oxygen atoms in total. The molecule has 3 N–H and O–H groups in total. The molecule has 1 heterocycles. The van der Waals surface area contributed by atoms with E-state index in [1.54, 1.807) is 6.07 Å². The van der Waals surface area contributed by atoms with E-state index in [1.165, 1.54) is 0 Å². The van der Waals surface area contributed by atoms with Gasteiger partial charge in [-0.2, -0.15) is 0 Å². The van der Waals surface area contributed by atoms with Crippen molar-refractivity contribution in [2.45, 2.75) is 12.1 Å². The van der Waals surface area contributed by atoms with Crippen LogP contribution < -0.4 is 10.5 Å². The lowest BCUT2D eigenvalue weighted by Crippen LogP contribution is -2.69. The van der Waals surface area contributed by atoms with Crippen LogP contribution in [0.4, 0.5) is 0 Å². The van der Waals surface area contributed by atoms with Gasteiger partial charge < -0.3 is 10.5 Å². The van der Waals surface area contributed by atoms with Crippen molar-refractivity contribution in [1.82, 2.24) is 0 Å². The maximum absolute atomic E-state index is 12.3. The third-order valence-corrected chi connectivity index (χ3v) is 3.24. The number of carbonyl (C=O) groups excluding carboxylic acids is 1. The quantitative estimate of drug-likeness (QED) is 0.823. The molecule has 0 bridgehead atoms. The summed E-state index contributed by atoms with van der Waals surface area (Å²) in [5.41, 5.74) is 5.58. The van der Waals surface area contributed by atoms with E-state index in [0.29, 0.717) is 11.3 Å². The highest BCUT2D eigenvalue weighted by Crippen LogP contribution is 2.33. The van der Waals surface area contributed by atoms with E-state index in [9.17, 15) is 4.79 Å². The lowest BCUT2D eigenvalue weighted by atomic mass is 9.92. The van der Waals surface area contributed by atoms with Gasteiger partial charge >= 0.3 is 0 Å². The average Bonchev–Trinajstić information content (AvgIpc) is 2.44. The van der Waals surface area contributed by atoms with Crippen molar-refractivity contribution in [1.29, 1.82) is 0 Å². The number of fused-ring (bicyclic) bond motifs is 1. The number of hydrogen-bond acceptors (Lipinski definition) is 2. The Morgan fingerprint density at radius 1 is 0.944 bits per heavy atom. The first-order valence-corrected chi connectivity index (χ1v) is 5.95. The van der Waals surface area contributed by atoms with Gasteiger partial charge in [-0.3, -0.25) is 4.79 Å². The molecule has 18 heavy (non-hydrogen) atoms. The number of ketones is 1. The summed E-state index contributed by atoms with van der Waals surface area (Å²) in [6, 6.07) is 16.7. The molecule has 2 aromatic rings. The first kappa shape index (κ1) is 11.0. The number of quaternary nitrogens is 1. The second-order valence-electron chi connectivity index (χ2n) is 4.42. The predicted octanol–water partition coefficient (Wildman–Crippen LogP) is 1.61. The summed E-state index contributed by atoms with van der Waals surface area (Å²) < 4.78 is 5.92. The van der Waals surface area contributed by atoms with E-state index in [4.69, 9.17) is 4.74 Å². The average molecular weight is 240 g/mol. The summed E-state index contributed by atoms with van der Waals surface area (Å²) in [4.78, 5) is 12.3. The number of Topliss-reactive ketones (excluding diaryl/α,β-unsaturated/α-hetero) is 1. The Balaban J connectivity index is 2.04. The maximum Gasteiger partial charge on any atom is 0.227 e. The SMILES string of the molecule is [NH3+][C@@H]1C(=O)c2ccccc2O[C@H]1c1ccccc1. The van der Waals surface area contributed by atoms with E-state index in [1.807, 2.05) is 48.5 Å². The van der Waals surface area contributed by atoms with Gasteiger partial charge in [0.1, 0.15) is 5.75 Å². The van der Waals surface area contributed by atoms with Crippen molar-refractivity contribution in [3.8, 4) is 5.75 Å². The zero-order chi connectivity index (χ0) is 12.5. The second kappa shape index (κ2) is 4.27. The standard InChI is InChI=1S/C15H13NO2/c16-13-14(17)11-8-4-5-9-12(11)18-15(13)10-6-2-1-3-7-10/h1-9,13,15H,16H2/p+1/t13-,15+/m1/s1. The summed E-state index contributed by atoms with van der Waals surface area (Å²) in [5.74, 6) is 0.696. The van der Waals surface area contributed by atoms with Gasteiger partial charge in [-0.1, -0.05) is 42.5 Å². The smallest absolute Gasteiger partial charge is 0.227 e. The van der Waals surface area contributed by atoms with Crippen molar-refractivity contribution >= 4 is 5.78 Å². The maximum atomic E-state index is 12.3. The van der Waals surface area contributed by atoms with Crippen molar-refractivity contribution < 1.29 is 15.3 Å². The fourth-order valence-electron chi connectivity index (χ4n) is 2.27. The molecule has 0 saturated carbocycles. The molecular formula is C15H14NO2+. The van der Waals surface area contributed by atoms with E-state index in [0.717, 1.165) is 5.56 Å². The summed E-state index contributed by atoms with van der Waals surface area (Å²) in [5, 5.41) is 0. The Hall–Kier alpha value is -2.13. The Kier molecular flexibility index (Phi) is 2.61. The van der Waals surface area contributed by atoms with Crippen molar-refractivity contribution in [3.05, 3.63) is 65.7 Å². The van der Waals surface area contributed by atoms with Gasteiger partial charge in [0.2, 0.25) is 5.78 Å². The van der Waals surface area contributed by atoms with E-state index < -0.39 is 6.04 Å².